The van der Waals surface area contributed by atoms with Gasteiger partial charge in [-0.3, -0.25) is 0 Å². The molecule has 0 saturated carbocycles. The zero-order valence-corrected chi connectivity index (χ0v) is 14.7. The van der Waals surface area contributed by atoms with Crippen LogP contribution in [0.25, 0.3) is 0 Å². The zero-order chi connectivity index (χ0) is 14.5. The van der Waals surface area contributed by atoms with E-state index in [1.165, 1.54) is 11.1 Å². The second-order valence-electron chi connectivity index (χ2n) is 4.63. The van der Waals surface area contributed by atoms with Crippen LogP contribution >= 0.6 is 31.9 Å². The fourth-order valence-electron chi connectivity index (χ4n) is 1.98. The Morgan fingerprint density at radius 3 is 2.60 bits per heavy atom. The molecular weight excluding hydrogens is 382 g/mol. The molecule has 0 heterocycles. The highest BCUT2D eigenvalue weighted by atomic mass is 79.9. The molecule has 2 rings (SSSR count). The van der Waals surface area contributed by atoms with Gasteiger partial charge in [0, 0.05) is 17.1 Å². The fraction of sp³-hybridized carbons (Fsp3) is 0.250. The SMILES string of the molecule is COc1ccc(CN[C@H](C)c2cccc(Br)c2)cc1Br. The molecule has 0 aliphatic rings. The van der Waals surface area contributed by atoms with Crippen LogP contribution in [0, 0.1) is 0 Å². The summed E-state index contributed by atoms with van der Waals surface area (Å²) in [7, 11) is 1.67. The molecule has 4 heteroatoms. The maximum atomic E-state index is 5.24. The van der Waals surface area contributed by atoms with E-state index in [2.05, 4.69) is 74.4 Å². The Bertz CT molecular complexity index is 586. The summed E-state index contributed by atoms with van der Waals surface area (Å²) in [6, 6.07) is 14.8. The summed E-state index contributed by atoms with van der Waals surface area (Å²) in [6.07, 6.45) is 0. The first-order valence-electron chi connectivity index (χ1n) is 6.41. The average molecular weight is 399 g/mol. The number of rotatable bonds is 5. The van der Waals surface area contributed by atoms with E-state index < -0.39 is 0 Å². The molecule has 0 unspecified atom stereocenters. The molecule has 0 aliphatic heterocycles. The van der Waals surface area contributed by atoms with E-state index in [0.717, 1.165) is 21.2 Å². The van der Waals surface area contributed by atoms with Crippen LogP contribution in [0.15, 0.2) is 51.4 Å². The smallest absolute Gasteiger partial charge is 0.133 e. The van der Waals surface area contributed by atoms with Gasteiger partial charge in [0.05, 0.1) is 11.6 Å². The topological polar surface area (TPSA) is 21.3 Å². The predicted molar refractivity (Wildman–Crippen MR) is 90.1 cm³/mol. The van der Waals surface area contributed by atoms with E-state index in [1.807, 2.05) is 12.1 Å². The van der Waals surface area contributed by atoms with Crippen LogP contribution in [-0.2, 0) is 6.54 Å². The van der Waals surface area contributed by atoms with Gasteiger partial charge in [0.15, 0.2) is 0 Å². The summed E-state index contributed by atoms with van der Waals surface area (Å²) in [5, 5.41) is 3.52. The van der Waals surface area contributed by atoms with Gasteiger partial charge in [-0.15, -0.1) is 0 Å². The average Bonchev–Trinajstić information content (AvgIpc) is 2.45. The quantitative estimate of drug-likeness (QED) is 0.758. The van der Waals surface area contributed by atoms with Crippen LogP contribution in [0.3, 0.4) is 0 Å². The second kappa shape index (κ2) is 7.25. The lowest BCUT2D eigenvalue weighted by molar-refractivity contribution is 0.412. The third kappa shape index (κ3) is 4.08. The highest BCUT2D eigenvalue weighted by Gasteiger charge is 2.06. The minimum absolute atomic E-state index is 0.299. The van der Waals surface area contributed by atoms with Crippen molar-refractivity contribution in [1.29, 1.82) is 0 Å². The highest BCUT2D eigenvalue weighted by Crippen LogP contribution is 2.26. The minimum atomic E-state index is 0.299. The molecule has 2 nitrogen and oxygen atoms in total. The molecule has 1 atom stereocenters. The standard InChI is InChI=1S/C16H17Br2NO/c1-11(13-4-3-5-14(17)9-13)19-10-12-6-7-16(20-2)15(18)8-12/h3-9,11,19H,10H2,1-2H3/t11-/m1/s1. The van der Waals surface area contributed by atoms with Crippen LogP contribution in [-0.4, -0.2) is 7.11 Å². The molecule has 20 heavy (non-hydrogen) atoms. The predicted octanol–water partition coefficient (Wildman–Crippen LogP) is 5.07. The monoisotopic (exact) mass is 397 g/mol. The number of hydrogen-bond acceptors (Lipinski definition) is 2. The van der Waals surface area contributed by atoms with Crippen molar-refractivity contribution in [3.05, 3.63) is 62.5 Å². The third-order valence-corrected chi connectivity index (χ3v) is 4.29. The second-order valence-corrected chi connectivity index (χ2v) is 6.40. The number of hydrogen-bond donors (Lipinski definition) is 1. The number of benzene rings is 2. The van der Waals surface area contributed by atoms with Gasteiger partial charge >= 0.3 is 0 Å². The molecule has 0 amide bonds. The molecular formula is C16H17Br2NO. The Morgan fingerprint density at radius 1 is 1.15 bits per heavy atom. The van der Waals surface area contributed by atoms with Crippen molar-refractivity contribution in [3.63, 3.8) is 0 Å². The molecule has 0 saturated heterocycles. The summed E-state index contributed by atoms with van der Waals surface area (Å²) in [4.78, 5) is 0. The zero-order valence-electron chi connectivity index (χ0n) is 11.5. The Morgan fingerprint density at radius 2 is 1.95 bits per heavy atom. The first-order chi connectivity index (χ1) is 9.60. The van der Waals surface area contributed by atoms with Gasteiger partial charge in [0.1, 0.15) is 5.75 Å². The first kappa shape index (κ1) is 15.5. The summed E-state index contributed by atoms with van der Waals surface area (Å²) in [5.41, 5.74) is 2.49. The van der Waals surface area contributed by atoms with Crippen molar-refractivity contribution in [2.24, 2.45) is 0 Å². The maximum absolute atomic E-state index is 5.24. The fourth-order valence-corrected chi connectivity index (χ4v) is 2.99. The van der Waals surface area contributed by atoms with E-state index in [9.17, 15) is 0 Å². The Kier molecular flexibility index (Phi) is 5.64. The molecule has 0 spiro atoms. The number of ether oxygens (including phenoxy) is 1. The van der Waals surface area contributed by atoms with Gasteiger partial charge in [-0.1, -0.05) is 34.1 Å². The molecule has 0 fully saturated rings. The van der Waals surface area contributed by atoms with Crippen LogP contribution in [0.4, 0.5) is 0 Å². The molecule has 2 aromatic carbocycles. The van der Waals surface area contributed by atoms with E-state index in [1.54, 1.807) is 7.11 Å². The lowest BCUT2D eigenvalue weighted by atomic mass is 10.1. The van der Waals surface area contributed by atoms with Gasteiger partial charge in [0.25, 0.3) is 0 Å². The van der Waals surface area contributed by atoms with Crippen molar-refractivity contribution in [2.75, 3.05) is 7.11 Å². The maximum Gasteiger partial charge on any atom is 0.133 e. The lowest BCUT2D eigenvalue weighted by Crippen LogP contribution is -2.18. The van der Waals surface area contributed by atoms with Gasteiger partial charge in [-0.05, 0) is 58.2 Å². The number of methoxy groups -OCH3 is 1. The van der Waals surface area contributed by atoms with Crippen molar-refractivity contribution in [2.45, 2.75) is 19.5 Å². The number of nitrogens with one attached hydrogen (secondary N) is 1. The lowest BCUT2D eigenvalue weighted by Gasteiger charge is -2.15. The molecule has 0 aliphatic carbocycles. The van der Waals surface area contributed by atoms with Gasteiger partial charge in [-0.2, -0.15) is 0 Å². The molecule has 0 radical (unpaired) electrons. The van der Waals surface area contributed by atoms with Gasteiger partial charge in [0.2, 0.25) is 0 Å². The minimum Gasteiger partial charge on any atom is -0.496 e. The summed E-state index contributed by atoms with van der Waals surface area (Å²) in [6.45, 7) is 2.98. The highest BCUT2D eigenvalue weighted by molar-refractivity contribution is 9.10. The van der Waals surface area contributed by atoms with E-state index in [-0.39, 0.29) is 0 Å². The Hall–Kier alpha value is -0.840. The van der Waals surface area contributed by atoms with Crippen molar-refractivity contribution in [3.8, 4) is 5.75 Å². The van der Waals surface area contributed by atoms with Crippen molar-refractivity contribution < 1.29 is 4.74 Å². The van der Waals surface area contributed by atoms with Crippen LogP contribution in [0.1, 0.15) is 24.1 Å². The van der Waals surface area contributed by atoms with E-state index >= 15 is 0 Å². The van der Waals surface area contributed by atoms with Gasteiger partial charge < -0.3 is 10.1 Å². The molecule has 0 bridgehead atoms. The normalized spacial score (nSPS) is 12.2. The summed E-state index contributed by atoms with van der Waals surface area (Å²) >= 11 is 7.01. The van der Waals surface area contributed by atoms with Crippen molar-refractivity contribution >= 4 is 31.9 Å². The molecule has 1 N–H and O–H groups in total. The molecule has 106 valence electrons. The summed E-state index contributed by atoms with van der Waals surface area (Å²) in [5.74, 6) is 0.855. The van der Waals surface area contributed by atoms with E-state index in [4.69, 9.17) is 4.74 Å². The molecule has 2 aromatic rings. The van der Waals surface area contributed by atoms with Crippen LogP contribution in [0.5, 0.6) is 5.75 Å². The van der Waals surface area contributed by atoms with Gasteiger partial charge in [-0.25, -0.2) is 0 Å². The Labute approximate surface area is 136 Å². The third-order valence-electron chi connectivity index (χ3n) is 3.18. The van der Waals surface area contributed by atoms with Crippen LogP contribution in [0.2, 0.25) is 0 Å². The van der Waals surface area contributed by atoms with Crippen LogP contribution < -0.4 is 10.1 Å². The van der Waals surface area contributed by atoms with E-state index in [0.29, 0.717) is 6.04 Å². The number of halogens is 2. The Balaban J connectivity index is 1.99. The van der Waals surface area contributed by atoms with Crippen molar-refractivity contribution in [1.82, 2.24) is 5.32 Å². The first-order valence-corrected chi connectivity index (χ1v) is 8.00. The molecule has 0 aromatic heterocycles. The largest absolute Gasteiger partial charge is 0.496 e. The summed E-state index contributed by atoms with van der Waals surface area (Å²) < 4.78 is 7.32.